The molecule has 76 valence electrons. The van der Waals surface area contributed by atoms with Gasteiger partial charge in [-0.25, -0.2) is 13.8 Å². The van der Waals surface area contributed by atoms with Crippen LogP contribution in [-0.4, -0.2) is 10.2 Å². The summed E-state index contributed by atoms with van der Waals surface area (Å²) in [5.74, 6) is 0. The van der Waals surface area contributed by atoms with Crippen molar-refractivity contribution in [3.63, 3.8) is 0 Å². The van der Waals surface area contributed by atoms with Crippen LogP contribution in [0.5, 0.6) is 0 Å². The lowest BCUT2D eigenvalue weighted by atomic mass is 10.1. The summed E-state index contributed by atoms with van der Waals surface area (Å²) >= 11 is 12.3. The SMILES string of the molecule is O=C(Cl)c1c(Cl)ncc(I)c1C(F)F. The molecule has 0 bridgehead atoms. The fourth-order valence-electron chi connectivity index (χ4n) is 0.878. The second kappa shape index (κ2) is 4.67. The molecule has 0 fully saturated rings. The first kappa shape index (κ1) is 12.1. The molecule has 1 aromatic rings. The minimum Gasteiger partial charge on any atom is -0.275 e. The van der Waals surface area contributed by atoms with Gasteiger partial charge in [0.05, 0.1) is 5.56 Å². The summed E-state index contributed by atoms with van der Waals surface area (Å²) in [4.78, 5) is 14.4. The number of alkyl halides is 2. The largest absolute Gasteiger partial charge is 0.275 e. The number of aromatic nitrogens is 1. The molecule has 0 aromatic carbocycles. The second-order valence-corrected chi connectivity index (χ2v) is 4.12. The van der Waals surface area contributed by atoms with Crippen LogP contribution in [0.25, 0.3) is 0 Å². The predicted octanol–water partition coefficient (Wildman–Crippen LogP) is 3.66. The lowest BCUT2D eigenvalue weighted by molar-refractivity contribution is 0.106. The van der Waals surface area contributed by atoms with Crippen molar-refractivity contribution in [2.75, 3.05) is 0 Å². The topological polar surface area (TPSA) is 30.0 Å². The molecule has 1 rings (SSSR count). The summed E-state index contributed by atoms with van der Waals surface area (Å²) in [6.45, 7) is 0. The minimum absolute atomic E-state index is 0.158. The van der Waals surface area contributed by atoms with Crippen LogP contribution in [0.15, 0.2) is 6.20 Å². The normalized spacial score (nSPS) is 10.7. The van der Waals surface area contributed by atoms with Crippen LogP contribution in [0, 0.1) is 3.57 Å². The first-order valence-corrected chi connectivity index (χ1v) is 5.10. The van der Waals surface area contributed by atoms with Crippen LogP contribution < -0.4 is 0 Å². The van der Waals surface area contributed by atoms with Crippen molar-refractivity contribution in [3.8, 4) is 0 Å². The molecular formula is C7H2Cl2F2INO. The molecule has 0 spiro atoms. The first-order chi connectivity index (χ1) is 6.45. The van der Waals surface area contributed by atoms with E-state index in [1.54, 1.807) is 22.6 Å². The van der Waals surface area contributed by atoms with E-state index < -0.39 is 22.8 Å². The van der Waals surface area contributed by atoms with Crippen LogP contribution in [0.4, 0.5) is 8.78 Å². The molecule has 0 amide bonds. The van der Waals surface area contributed by atoms with Crippen molar-refractivity contribution in [1.82, 2.24) is 4.98 Å². The highest BCUT2D eigenvalue weighted by Crippen LogP contribution is 2.31. The Hall–Kier alpha value is -0.0100. The summed E-state index contributed by atoms with van der Waals surface area (Å²) in [6.07, 6.45) is -1.65. The van der Waals surface area contributed by atoms with E-state index in [4.69, 9.17) is 23.2 Å². The Balaban J connectivity index is 3.50. The number of halogens is 5. The zero-order chi connectivity index (χ0) is 10.9. The summed E-state index contributed by atoms with van der Waals surface area (Å²) in [7, 11) is 0. The number of carbonyl (C=O) groups is 1. The number of rotatable bonds is 2. The van der Waals surface area contributed by atoms with Gasteiger partial charge >= 0.3 is 0 Å². The monoisotopic (exact) mass is 351 g/mol. The van der Waals surface area contributed by atoms with Crippen molar-refractivity contribution >= 4 is 51.0 Å². The molecule has 7 heteroatoms. The highest BCUT2D eigenvalue weighted by molar-refractivity contribution is 14.1. The van der Waals surface area contributed by atoms with Crippen LogP contribution >= 0.6 is 45.8 Å². The lowest BCUT2D eigenvalue weighted by Crippen LogP contribution is -2.04. The Morgan fingerprint density at radius 3 is 2.50 bits per heavy atom. The number of hydrogen-bond donors (Lipinski definition) is 0. The van der Waals surface area contributed by atoms with E-state index in [-0.39, 0.29) is 8.72 Å². The third-order valence-corrected chi connectivity index (χ3v) is 2.77. The summed E-state index contributed by atoms with van der Waals surface area (Å²) in [5, 5.41) is -1.34. The molecule has 0 saturated carbocycles. The van der Waals surface area contributed by atoms with Crippen molar-refractivity contribution < 1.29 is 13.6 Å². The number of carbonyl (C=O) groups excluding carboxylic acids is 1. The molecule has 0 radical (unpaired) electrons. The van der Waals surface area contributed by atoms with E-state index in [2.05, 4.69) is 4.98 Å². The van der Waals surface area contributed by atoms with Gasteiger partial charge in [0.15, 0.2) is 0 Å². The zero-order valence-electron chi connectivity index (χ0n) is 6.40. The number of nitrogens with zero attached hydrogens (tertiary/aromatic N) is 1. The van der Waals surface area contributed by atoms with Crippen LogP contribution in [0.1, 0.15) is 22.3 Å². The third-order valence-electron chi connectivity index (χ3n) is 1.44. The van der Waals surface area contributed by atoms with Crippen molar-refractivity contribution in [2.24, 2.45) is 0 Å². The molecule has 14 heavy (non-hydrogen) atoms. The van der Waals surface area contributed by atoms with Gasteiger partial charge in [0.1, 0.15) is 5.15 Å². The fourth-order valence-corrected chi connectivity index (χ4v) is 2.00. The fraction of sp³-hybridized carbons (Fsp3) is 0.143. The Kier molecular flexibility index (Phi) is 4.03. The standard InChI is InChI=1S/C7H2Cl2F2INO/c8-5-4(6(9)14)3(7(10)11)2(12)1-13-5/h1,7H. The molecule has 0 unspecified atom stereocenters. The molecule has 0 aliphatic carbocycles. The molecule has 1 heterocycles. The smallest absolute Gasteiger partial charge is 0.265 e. The average Bonchev–Trinajstić information content (AvgIpc) is 2.07. The Bertz CT molecular complexity index is 386. The van der Waals surface area contributed by atoms with Gasteiger partial charge in [-0.2, -0.15) is 0 Å². The first-order valence-electron chi connectivity index (χ1n) is 3.27. The minimum atomic E-state index is -2.81. The maximum atomic E-state index is 12.5. The van der Waals surface area contributed by atoms with Gasteiger partial charge in [0.2, 0.25) is 0 Å². The second-order valence-electron chi connectivity index (χ2n) is 2.26. The highest BCUT2D eigenvalue weighted by atomic mass is 127. The van der Waals surface area contributed by atoms with E-state index in [1.807, 2.05) is 0 Å². The molecule has 0 atom stereocenters. The van der Waals surface area contributed by atoms with Crippen LogP contribution in [0.3, 0.4) is 0 Å². The van der Waals surface area contributed by atoms with E-state index >= 15 is 0 Å². The van der Waals surface area contributed by atoms with Crippen LogP contribution in [0.2, 0.25) is 5.15 Å². The van der Waals surface area contributed by atoms with E-state index in [0.29, 0.717) is 0 Å². The van der Waals surface area contributed by atoms with Crippen molar-refractivity contribution in [2.45, 2.75) is 6.43 Å². The van der Waals surface area contributed by atoms with Gasteiger partial charge in [-0.1, -0.05) is 11.6 Å². The average molecular weight is 352 g/mol. The molecule has 1 aromatic heterocycles. The molecule has 0 aliphatic heterocycles. The van der Waals surface area contributed by atoms with Gasteiger partial charge in [0, 0.05) is 15.3 Å². The van der Waals surface area contributed by atoms with Gasteiger partial charge in [0.25, 0.3) is 11.7 Å². The van der Waals surface area contributed by atoms with E-state index in [1.165, 1.54) is 0 Å². The predicted molar refractivity (Wildman–Crippen MR) is 57.1 cm³/mol. The molecule has 0 N–H and O–H groups in total. The quantitative estimate of drug-likeness (QED) is 0.462. The zero-order valence-corrected chi connectivity index (χ0v) is 10.1. The maximum absolute atomic E-state index is 12.5. The van der Waals surface area contributed by atoms with Gasteiger partial charge in [-0.3, -0.25) is 4.79 Å². The Morgan fingerprint density at radius 1 is 1.57 bits per heavy atom. The lowest BCUT2D eigenvalue weighted by Gasteiger charge is -2.08. The maximum Gasteiger partial charge on any atom is 0.265 e. The summed E-state index contributed by atoms with van der Waals surface area (Å²) in [6, 6.07) is 0. The van der Waals surface area contributed by atoms with E-state index in [9.17, 15) is 13.6 Å². The summed E-state index contributed by atoms with van der Waals surface area (Å²) in [5.41, 5.74) is -0.888. The van der Waals surface area contributed by atoms with Gasteiger partial charge < -0.3 is 0 Å². The molecule has 0 saturated heterocycles. The number of hydrogen-bond acceptors (Lipinski definition) is 2. The van der Waals surface area contributed by atoms with E-state index in [0.717, 1.165) is 6.20 Å². The van der Waals surface area contributed by atoms with Gasteiger partial charge in [-0.15, -0.1) is 0 Å². The van der Waals surface area contributed by atoms with Gasteiger partial charge in [-0.05, 0) is 34.2 Å². The van der Waals surface area contributed by atoms with Crippen molar-refractivity contribution in [1.29, 1.82) is 0 Å². The summed E-state index contributed by atoms with van der Waals surface area (Å²) < 4.78 is 25.2. The third kappa shape index (κ3) is 2.32. The van der Waals surface area contributed by atoms with Crippen LogP contribution in [-0.2, 0) is 0 Å². The van der Waals surface area contributed by atoms with Crippen molar-refractivity contribution in [3.05, 3.63) is 26.0 Å². The Morgan fingerprint density at radius 2 is 2.14 bits per heavy atom. The molecule has 0 aliphatic rings. The Labute approximate surface area is 102 Å². The highest BCUT2D eigenvalue weighted by Gasteiger charge is 2.24. The molecule has 2 nitrogen and oxygen atoms in total. The number of pyridine rings is 1. The molecular weight excluding hydrogens is 350 g/mol.